The number of amides is 1. The molecule has 1 amide bonds. The van der Waals surface area contributed by atoms with Crippen LogP contribution in [-0.4, -0.2) is 29.0 Å². The molecule has 0 atom stereocenters. The first-order valence-corrected chi connectivity index (χ1v) is 9.42. The Morgan fingerprint density at radius 1 is 0.815 bits per heavy atom. The van der Waals surface area contributed by atoms with Gasteiger partial charge in [0, 0.05) is 13.1 Å². The van der Waals surface area contributed by atoms with Crippen molar-refractivity contribution in [2.45, 2.75) is 19.3 Å². The van der Waals surface area contributed by atoms with Crippen LogP contribution >= 0.6 is 0 Å². The lowest BCUT2D eigenvalue weighted by molar-refractivity contribution is 0.0760. The number of rotatable bonds is 3. The summed E-state index contributed by atoms with van der Waals surface area (Å²) >= 11 is 0. The highest BCUT2D eigenvalue weighted by Crippen LogP contribution is 2.24. The van der Waals surface area contributed by atoms with Gasteiger partial charge in [0.05, 0.1) is 5.56 Å². The summed E-state index contributed by atoms with van der Waals surface area (Å²) in [6.07, 6.45) is 2.45. The highest BCUT2D eigenvalue weighted by atomic mass is 16.3. The summed E-state index contributed by atoms with van der Waals surface area (Å²) in [4.78, 5) is 15.0. The van der Waals surface area contributed by atoms with Crippen molar-refractivity contribution in [1.29, 1.82) is 0 Å². The second kappa shape index (κ2) is 7.67. The van der Waals surface area contributed by atoms with Crippen LogP contribution < -0.4 is 0 Å². The van der Waals surface area contributed by atoms with E-state index in [1.165, 1.54) is 16.7 Å². The summed E-state index contributed by atoms with van der Waals surface area (Å²) in [6, 6.07) is 23.9. The van der Waals surface area contributed by atoms with Crippen LogP contribution in [-0.2, 0) is 19.3 Å². The van der Waals surface area contributed by atoms with Gasteiger partial charge in [0.2, 0.25) is 0 Å². The minimum absolute atomic E-state index is 0.0542. The summed E-state index contributed by atoms with van der Waals surface area (Å²) in [7, 11) is 0. The fraction of sp³-hybridized carbons (Fsp3) is 0.208. The average Bonchev–Trinajstić information content (AvgIpc) is 2.92. The maximum atomic E-state index is 13.1. The maximum absolute atomic E-state index is 13.1. The molecule has 3 heteroatoms. The van der Waals surface area contributed by atoms with E-state index in [1.807, 2.05) is 35.2 Å². The third kappa shape index (κ3) is 3.87. The second-order valence-electron chi connectivity index (χ2n) is 7.07. The molecule has 0 aromatic heterocycles. The summed E-state index contributed by atoms with van der Waals surface area (Å²) < 4.78 is 0. The third-order valence-corrected chi connectivity index (χ3v) is 5.25. The van der Waals surface area contributed by atoms with Gasteiger partial charge in [0.1, 0.15) is 5.75 Å². The van der Waals surface area contributed by atoms with E-state index in [9.17, 15) is 9.90 Å². The Kier molecular flexibility index (Phi) is 4.93. The Morgan fingerprint density at radius 2 is 1.44 bits per heavy atom. The van der Waals surface area contributed by atoms with E-state index >= 15 is 0 Å². The Bertz CT molecular complexity index is 923. The van der Waals surface area contributed by atoms with E-state index in [4.69, 9.17) is 0 Å². The number of carbonyl (C=O) groups is 1. The zero-order valence-electron chi connectivity index (χ0n) is 15.3. The number of carbonyl (C=O) groups excluding carboxylic acids is 1. The molecule has 1 aliphatic rings. The molecular formula is C24H23NO2. The van der Waals surface area contributed by atoms with Crippen LogP contribution in [0.4, 0.5) is 0 Å². The van der Waals surface area contributed by atoms with Crippen LogP contribution in [0.15, 0.2) is 72.8 Å². The highest BCUT2D eigenvalue weighted by Gasteiger charge is 2.22. The van der Waals surface area contributed by atoms with Gasteiger partial charge < -0.3 is 10.0 Å². The molecule has 0 saturated carbocycles. The monoisotopic (exact) mass is 357 g/mol. The standard InChI is InChI=1S/C24H23NO2/c26-23-11-10-19(16-18-6-2-1-3-7-18)17-22(23)24(27)25-14-12-20-8-4-5-9-21(20)13-15-25/h1-11,17,26H,12-16H2. The molecule has 0 bridgehead atoms. The van der Waals surface area contributed by atoms with E-state index in [2.05, 4.69) is 36.4 Å². The molecule has 1 N–H and O–H groups in total. The van der Waals surface area contributed by atoms with Crippen molar-refractivity contribution in [3.05, 3.63) is 101 Å². The molecule has 0 fully saturated rings. The fourth-order valence-corrected chi connectivity index (χ4v) is 3.74. The van der Waals surface area contributed by atoms with Crippen molar-refractivity contribution in [3.8, 4) is 5.75 Å². The SMILES string of the molecule is O=C(c1cc(Cc2ccccc2)ccc1O)N1CCc2ccccc2CC1. The number of benzene rings is 3. The Balaban J connectivity index is 1.54. The minimum Gasteiger partial charge on any atom is -0.507 e. The molecule has 3 aromatic carbocycles. The zero-order valence-corrected chi connectivity index (χ0v) is 15.3. The van der Waals surface area contributed by atoms with Crippen LogP contribution in [0.1, 0.15) is 32.6 Å². The molecule has 27 heavy (non-hydrogen) atoms. The molecule has 1 heterocycles. The number of fused-ring (bicyclic) bond motifs is 1. The quantitative estimate of drug-likeness (QED) is 0.762. The number of phenols is 1. The van der Waals surface area contributed by atoms with E-state index in [0.717, 1.165) is 24.8 Å². The van der Waals surface area contributed by atoms with Crippen molar-refractivity contribution in [3.63, 3.8) is 0 Å². The first-order chi connectivity index (χ1) is 13.2. The second-order valence-corrected chi connectivity index (χ2v) is 7.07. The van der Waals surface area contributed by atoms with E-state index in [0.29, 0.717) is 18.7 Å². The fourth-order valence-electron chi connectivity index (χ4n) is 3.74. The van der Waals surface area contributed by atoms with Crippen molar-refractivity contribution in [2.24, 2.45) is 0 Å². The highest BCUT2D eigenvalue weighted by molar-refractivity contribution is 5.97. The van der Waals surface area contributed by atoms with E-state index in [-0.39, 0.29) is 11.7 Å². The van der Waals surface area contributed by atoms with Gasteiger partial charge in [0.25, 0.3) is 5.91 Å². The number of hydrogen-bond donors (Lipinski definition) is 1. The maximum Gasteiger partial charge on any atom is 0.257 e. The lowest BCUT2D eigenvalue weighted by Gasteiger charge is -2.21. The first kappa shape index (κ1) is 17.3. The van der Waals surface area contributed by atoms with Crippen LogP contribution in [0.2, 0.25) is 0 Å². The van der Waals surface area contributed by atoms with Gasteiger partial charge in [-0.1, -0.05) is 60.7 Å². The molecule has 0 aliphatic carbocycles. The van der Waals surface area contributed by atoms with Gasteiger partial charge >= 0.3 is 0 Å². The zero-order chi connectivity index (χ0) is 18.6. The van der Waals surface area contributed by atoms with Crippen molar-refractivity contribution < 1.29 is 9.90 Å². The lowest BCUT2D eigenvalue weighted by atomic mass is 10.0. The Labute approximate surface area is 159 Å². The summed E-state index contributed by atoms with van der Waals surface area (Å²) in [6.45, 7) is 1.36. The molecule has 0 unspecified atom stereocenters. The lowest BCUT2D eigenvalue weighted by Crippen LogP contribution is -2.33. The van der Waals surface area contributed by atoms with Crippen LogP contribution in [0.3, 0.4) is 0 Å². The van der Waals surface area contributed by atoms with Crippen molar-refractivity contribution >= 4 is 5.91 Å². The van der Waals surface area contributed by atoms with E-state index in [1.54, 1.807) is 6.07 Å². The molecule has 4 rings (SSSR count). The van der Waals surface area contributed by atoms with Gasteiger partial charge in [0.15, 0.2) is 0 Å². The van der Waals surface area contributed by atoms with Crippen LogP contribution in [0.5, 0.6) is 5.75 Å². The van der Waals surface area contributed by atoms with Crippen molar-refractivity contribution in [2.75, 3.05) is 13.1 Å². The average molecular weight is 357 g/mol. The van der Waals surface area contributed by atoms with Crippen LogP contribution in [0.25, 0.3) is 0 Å². The van der Waals surface area contributed by atoms with Gasteiger partial charge in [-0.05, 0) is 53.6 Å². The Morgan fingerprint density at radius 3 is 2.11 bits per heavy atom. The van der Waals surface area contributed by atoms with Crippen LogP contribution in [0, 0.1) is 0 Å². The first-order valence-electron chi connectivity index (χ1n) is 9.42. The summed E-state index contributed by atoms with van der Waals surface area (Å²) in [5, 5.41) is 10.3. The van der Waals surface area contributed by atoms with Gasteiger partial charge in [-0.3, -0.25) is 4.79 Å². The third-order valence-electron chi connectivity index (χ3n) is 5.25. The normalized spacial score (nSPS) is 13.7. The predicted octanol–water partition coefficient (Wildman–Crippen LogP) is 4.22. The molecule has 3 nitrogen and oxygen atoms in total. The Hall–Kier alpha value is -3.07. The molecular weight excluding hydrogens is 334 g/mol. The number of nitrogens with zero attached hydrogens (tertiary/aromatic N) is 1. The molecule has 0 spiro atoms. The molecule has 3 aromatic rings. The molecule has 0 saturated heterocycles. The topological polar surface area (TPSA) is 40.5 Å². The predicted molar refractivity (Wildman–Crippen MR) is 107 cm³/mol. The number of hydrogen-bond acceptors (Lipinski definition) is 2. The number of phenolic OH excluding ortho intramolecular Hbond substituents is 1. The van der Waals surface area contributed by atoms with Gasteiger partial charge in [-0.25, -0.2) is 0 Å². The van der Waals surface area contributed by atoms with Gasteiger partial charge in [-0.15, -0.1) is 0 Å². The smallest absolute Gasteiger partial charge is 0.257 e. The largest absolute Gasteiger partial charge is 0.507 e. The minimum atomic E-state index is -0.0878. The molecule has 0 radical (unpaired) electrons. The van der Waals surface area contributed by atoms with Gasteiger partial charge in [-0.2, -0.15) is 0 Å². The molecule has 136 valence electrons. The summed E-state index contributed by atoms with van der Waals surface area (Å²) in [5.41, 5.74) is 5.24. The number of aromatic hydroxyl groups is 1. The van der Waals surface area contributed by atoms with Crippen molar-refractivity contribution in [1.82, 2.24) is 4.90 Å². The van der Waals surface area contributed by atoms with E-state index < -0.39 is 0 Å². The molecule has 1 aliphatic heterocycles. The summed E-state index contributed by atoms with van der Waals surface area (Å²) in [5.74, 6) is -0.0335.